The molecule has 0 aromatic carbocycles. The van der Waals surface area contributed by atoms with Gasteiger partial charge in [0.2, 0.25) is 5.79 Å². The van der Waals surface area contributed by atoms with Crippen LogP contribution in [0.1, 0.15) is 41.5 Å². The summed E-state index contributed by atoms with van der Waals surface area (Å²) in [5.74, 6) is -1.17. The van der Waals surface area contributed by atoms with Crippen molar-refractivity contribution in [1.29, 1.82) is 0 Å². The molecule has 2 atom stereocenters. The predicted octanol–water partition coefficient (Wildman–Crippen LogP) is 2.72. The Morgan fingerprint density at radius 1 is 1.05 bits per heavy atom. The number of methoxy groups -OCH3 is 2. The predicted molar refractivity (Wildman–Crippen MR) is 78.1 cm³/mol. The SMILES string of the molecule is CO[C@]1(C)OC/C(=C\N(C(C)C)C(C)C)O[C@@]1(C)OC. The molecule has 0 aliphatic carbocycles. The van der Waals surface area contributed by atoms with E-state index in [0.29, 0.717) is 18.7 Å². The summed E-state index contributed by atoms with van der Waals surface area (Å²) >= 11 is 0. The average molecular weight is 287 g/mol. The number of ether oxygens (including phenoxy) is 4. The van der Waals surface area contributed by atoms with Crippen molar-refractivity contribution in [2.75, 3.05) is 20.8 Å². The van der Waals surface area contributed by atoms with Crippen LogP contribution in [0.25, 0.3) is 0 Å². The summed E-state index contributed by atoms with van der Waals surface area (Å²) in [4.78, 5) is 2.23. The van der Waals surface area contributed by atoms with Crippen LogP contribution >= 0.6 is 0 Å². The van der Waals surface area contributed by atoms with Crippen LogP contribution in [0.2, 0.25) is 0 Å². The summed E-state index contributed by atoms with van der Waals surface area (Å²) < 4.78 is 22.7. The highest BCUT2D eigenvalue weighted by Crippen LogP contribution is 2.37. The van der Waals surface area contributed by atoms with Gasteiger partial charge < -0.3 is 23.8 Å². The lowest BCUT2D eigenvalue weighted by atomic mass is 10.1. The van der Waals surface area contributed by atoms with Gasteiger partial charge in [0.1, 0.15) is 12.4 Å². The van der Waals surface area contributed by atoms with Crippen molar-refractivity contribution in [2.45, 2.75) is 65.2 Å². The fourth-order valence-electron chi connectivity index (χ4n) is 2.31. The maximum absolute atomic E-state index is 6.01. The first-order valence-electron chi connectivity index (χ1n) is 7.10. The van der Waals surface area contributed by atoms with E-state index in [9.17, 15) is 0 Å². The largest absolute Gasteiger partial charge is 0.457 e. The van der Waals surface area contributed by atoms with E-state index in [-0.39, 0.29) is 0 Å². The summed E-state index contributed by atoms with van der Waals surface area (Å²) in [5.41, 5.74) is 0. The van der Waals surface area contributed by atoms with Gasteiger partial charge in [0.05, 0.1) is 0 Å². The Hall–Kier alpha value is -0.780. The Bertz CT molecular complexity index is 348. The summed E-state index contributed by atoms with van der Waals surface area (Å²) in [6.07, 6.45) is 2.00. The first-order chi connectivity index (χ1) is 9.19. The Labute approximate surface area is 122 Å². The first-order valence-corrected chi connectivity index (χ1v) is 7.10. The molecule has 0 radical (unpaired) electrons. The minimum absolute atomic E-state index is 0.360. The van der Waals surface area contributed by atoms with Gasteiger partial charge in [0.25, 0.3) is 5.79 Å². The van der Waals surface area contributed by atoms with Crippen LogP contribution in [0.4, 0.5) is 0 Å². The third kappa shape index (κ3) is 3.27. The lowest BCUT2D eigenvalue weighted by molar-refractivity contribution is -0.399. The molecule has 1 aliphatic rings. The topological polar surface area (TPSA) is 40.2 Å². The zero-order valence-corrected chi connectivity index (χ0v) is 14.0. The first kappa shape index (κ1) is 17.3. The highest BCUT2D eigenvalue weighted by Gasteiger charge is 2.53. The molecule has 5 nitrogen and oxygen atoms in total. The minimum atomic E-state index is -0.981. The molecule has 1 aliphatic heterocycles. The van der Waals surface area contributed by atoms with Gasteiger partial charge in [-0.15, -0.1) is 0 Å². The quantitative estimate of drug-likeness (QED) is 0.777. The van der Waals surface area contributed by atoms with Crippen molar-refractivity contribution >= 4 is 0 Å². The average Bonchev–Trinajstić information content (AvgIpc) is 2.39. The second-order valence-corrected chi connectivity index (χ2v) is 5.92. The van der Waals surface area contributed by atoms with Crippen molar-refractivity contribution in [3.63, 3.8) is 0 Å². The fourth-order valence-corrected chi connectivity index (χ4v) is 2.31. The molecule has 0 amide bonds. The molecule has 118 valence electrons. The number of hydrogen-bond donors (Lipinski definition) is 0. The molecule has 1 fully saturated rings. The van der Waals surface area contributed by atoms with Crippen LogP contribution in [0.15, 0.2) is 12.0 Å². The van der Waals surface area contributed by atoms with E-state index in [1.165, 1.54) is 0 Å². The zero-order chi connectivity index (χ0) is 15.6. The van der Waals surface area contributed by atoms with E-state index in [1.807, 2.05) is 20.0 Å². The van der Waals surface area contributed by atoms with Gasteiger partial charge in [-0.3, -0.25) is 0 Å². The molecule has 0 unspecified atom stereocenters. The zero-order valence-electron chi connectivity index (χ0n) is 14.0. The molecule has 0 spiro atoms. The Kier molecular flexibility index (Phi) is 5.46. The van der Waals surface area contributed by atoms with Gasteiger partial charge in [-0.1, -0.05) is 0 Å². The second kappa shape index (κ2) is 6.33. The van der Waals surface area contributed by atoms with Crippen molar-refractivity contribution in [3.05, 3.63) is 12.0 Å². The highest BCUT2D eigenvalue weighted by molar-refractivity contribution is 5.02. The maximum Gasteiger partial charge on any atom is 0.261 e. The van der Waals surface area contributed by atoms with Crippen molar-refractivity contribution in [3.8, 4) is 0 Å². The van der Waals surface area contributed by atoms with Gasteiger partial charge in [-0.25, -0.2) is 0 Å². The molecule has 0 bridgehead atoms. The van der Waals surface area contributed by atoms with Crippen LogP contribution in [-0.2, 0) is 18.9 Å². The second-order valence-electron chi connectivity index (χ2n) is 5.92. The molecule has 0 saturated carbocycles. The van der Waals surface area contributed by atoms with Crippen molar-refractivity contribution in [2.24, 2.45) is 0 Å². The van der Waals surface area contributed by atoms with Gasteiger partial charge in [-0.05, 0) is 34.6 Å². The van der Waals surface area contributed by atoms with E-state index in [0.717, 1.165) is 5.76 Å². The normalized spacial score (nSPS) is 32.8. The van der Waals surface area contributed by atoms with Gasteiger partial charge in [0, 0.05) is 39.4 Å². The molecule has 0 N–H and O–H groups in total. The standard InChI is InChI=1S/C15H29NO4/c1-11(2)16(12(3)4)9-13-10-19-14(5,17-7)15(6,18-8)20-13/h9,11-12H,10H2,1-8H3/b13-9+/t14-,15-/m1/s1. The van der Waals surface area contributed by atoms with E-state index in [1.54, 1.807) is 14.2 Å². The van der Waals surface area contributed by atoms with Crippen molar-refractivity contribution < 1.29 is 18.9 Å². The number of rotatable bonds is 5. The van der Waals surface area contributed by atoms with Crippen LogP contribution in [0.3, 0.4) is 0 Å². The third-order valence-electron chi connectivity index (χ3n) is 3.91. The summed E-state index contributed by atoms with van der Waals surface area (Å²) in [5, 5.41) is 0. The molecule has 1 saturated heterocycles. The summed E-state index contributed by atoms with van der Waals surface area (Å²) in [7, 11) is 3.18. The lowest BCUT2D eigenvalue weighted by Gasteiger charge is -2.47. The Balaban J connectivity index is 2.97. The molecule has 0 aromatic heterocycles. The highest BCUT2D eigenvalue weighted by atomic mass is 16.8. The molecule has 1 rings (SSSR count). The summed E-state index contributed by atoms with van der Waals surface area (Å²) in [6.45, 7) is 12.6. The number of hydrogen-bond acceptors (Lipinski definition) is 5. The van der Waals surface area contributed by atoms with E-state index < -0.39 is 11.6 Å². The van der Waals surface area contributed by atoms with Crippen molar-refractivity contribution in [1.82, 2.24) is 4.90 Å². The third-order valence-corrected chi connectivity index (χ3v) is 3.91. The van der Waals surface area contributed by atoms with Crippen LogP contribution in [-0.4, -0.2) is 49.4 Å². The monoisotopic (exact) mass is 287 g/mol. The van der Waals surface area contributed by atoms with Crippen LogP contribution in [0, 0.1) is 0 Å². The smallest absolute Gasteiger partial charge is 0.261 e. The van der Waals surface area contributed by atoms with E-state index >= 15 is 0 Å². The maximum atomic E-state index is 6.01. The number of nitrogens with zero attached hydrogens (tertiary/aromatic N) is 1. The van der Waals surface area contributed by atoms with E-state index in [4.69, 9.17) is 18.9 Å². The molecule has 1 heterocycles. The minimum Gasteiger partial charge on any atom is -0.457 e. The van der Waals surface area contributed by atoms with Crippen LogP contribution in [0.5, 0.6) is 0 Å². The summed E-state index contributed by atoms with van der Waals surface area (Å²) in [6, 6.07) is 0.770. The lowest BCUT2D eigenvalue weighted by Crippen LogP contribution is -2.59. The van der Waals surface area contributed by atoms with Gasteiger partial charge in [0.15, 0.2) is 0 Å². The fraction of sp³-hybridized carbons (Fsp3) is 0.867. The molecule has 5 heteroatoms. The molecule has 0 aromatic rings. The molecule has 20 heavy (non-hydrogen) atoms. The Morgan fingerprint density at radius 2 is 1.55 bits per heavy atom. The van der Waals surface area contributed by atoms with Gasteiger partial charge >= 0.3 is 0 Å². The van der Waals surface area contributed by atoms with Crippen LogP contribution < -0.4 is 0 Å². The molecular weight excluding hydrogens is 258 g/mol. The van der Waals surface area contributed by atoms with Gasteiger partial charge in [-0.2, -0.15) is 0 Å². The Morgan fingerprint density at radius 3 is 1.95 bits per heavy atom. The van der Waals surface area contributed by atoms with E-state index in [2.05, 4.69) is 32.6 Å². The molecular formula is C15H29NO4.